The van der Waals surface area contributed by atoms with Crippen molar-refractivity contribution in [3.63, 3.8) is 0 Å². The molecule has 0 N–H and O–H groups in total. The van der Waals surface area contributed by atoms with E-state index in [0.717, 1.165) is 0 Å². The molecule has 0 aliphatic rings. The standard InChI is InChI=1S/C11H15ClO4S2/c1-11(2,17(3,13)14)10-6-4-9(5-7-10)8-18(12,15)16/h4-7H,8H2,1-3H3. The van der Waals surface area contributed by atoms with Gasteiger partial charge < -0.3 is 0 Å². The Labute approximate surface area is 112 Å². The minimum absolute atomic E-state index is 0.270. The number of benzene rings is 1. The molecule has 0 amide bonds. The quantitative estimate of drug-likeness (QED) is 0.798. The molecule has 0 saturated heterocycles. The van der Waals surface area contributed by atoms with E-state index in [-0.39, 0.29) is 5.75 Å². The first-order chi connectivity index (χ1) is 7.93. The summed E-state index contributed by atoms with van der Waals surface area (Å²) in [5.41, 5.74) is 1.14. The molecule has 0 bridgehead atoms. The lowest BCUT2D eigenvalue weighted by Crippen LogP contribution is -2.27. The molecule has 0 radical (unpaired) electrons. The van der Waals surface area contributed by atoms with Crippen LogP contribution in [0.5, 0.6) is 0 Å². The van der Waals surface area contributed by atoms with Gasteiger partial charge in [-0.05, 0) is 25.0 Å². The molecule has 7 heteroatoms. The SMILES string of the molecule is CC(C)(c1ccc(CS(=O)(=O)Cl)cc1)S(C)(=O)=O. The Kier molecular flexibility index (Phi) is 4.15. The molecule has 0 atom stereocenters. The first-order valence-electron chi connectivity index (χ1n) is 5.15. The molecule has 1 aromatic rings. The highest BCUT2D eigenvalue weighted by atomic mass is 35.7. The van der Waals surface area contributed by atoms with Crippen molar-refractivity contribution in [1.29, 1.82) is 0 Å². The highest BCUT2D eigenvalue weighted by molar-refractivity contribution is 8.13. The highest BCUT2D eigenvalue weighted by Gasteiger charge is 2.32. The predicted molar refractivity (Wildman–Crippen MR) is 72.8 cm³/mol. The largest absolute Gasteiger partial charge is 0.236 e. The summed E-state index contributed by atoms with van der Waals surface area (Å²) < 4.78 is 44.1. The smallest absolute Gasteiger partial charge is 0.228 e. The third kappa shape index (κ3) is 3.70. The third-order valence-corrected chi connectivity index (χ3v) is 6.01. The van der Waals surface area contributed by atoms with Crippen LogP contribution in [0.25, 0.3) is 0 Å². The molecule has 0 saturated carbocycles. The van der Waals surface area contributed by atoms with Crippen LogP contribution in [0.3, 0.4) is 0 Å². The van der Waals surface area contributed by atoms with Gasteiger partial charge in [-0.3, -0.25) is 0 Å². The van der Waals surface area contributed by atoms with E-state index in [9.17, 15) is 16.8 Å². The van der Waals surface area contributed by atoms with Crippen LogP contribution in [0.15, 0.2) is 24.3 Å². The first-order valence-corrected chi connectivity index (χ1v) is 9.52. The maximum atomic E-state index is 11.7. The van der Waals surface area contributed by atoms with Gasteiger partial charge in [-0.1, -0.05) is 24.3 Å². The zero-order chi connectivity index (χ0) is 14.2. The van der Waals surface area contributed by atoms with E-state index in [0.29, 0.717) is 11.1 Å². The van der Waals surface area contributed by atoms with Crippen LogP contribution in [0, 0.1) is 0 Å². The van der Waals surface area contributed by atoms with Crippen LogP contribution in [-0.2, 0) is 29.4 Å². The molecule has 0 aliphatic heterocycles. The van der Waals surface area contributed by atoms with Crippen molar-refractivity contribution in [3.05, 3.63) is 35.4 Å². The third-order valence-electron chi connectivity index (χ3n) is 2.92. The zero-order valence-corrected chi connectivity index (χ0v) is 12.7. The maximum absolute atomic E-state index is 11.7. The second kappa shape index (κ2) is 4.83. The van der Waals surface area contributed by atoms with Gasteiger partial charge in [0.05, 0.1) is 10.5 Å². The monoisotopic (exact) mass is 310 g/mol. The van der Waals surface area contributed by atoms with E-state index in [2.05, 4.69) is 0 Å². The lowest BCUT2D eigenvalue weighted by Gasteiger charge is -2.23. The summed E-state index contributed by atoms with van der Waals surface area (Å²) >= 11 is 0. The summed E-state index contributed by atoms with van der Waals surface area (Å²) in [5.74, 6) is -0.270. The minimum atomic E-state index is -3.60. The molecule has 1 aromatic carbocycles. The highest BCUT2D eigenvalue weighted by Crippen LogP contribution is 2.29. The topological polar surface area (TPSA) is 68.3 Å². The second-order valence-electron chi connectivity index (χ2n) is 4.66. The van der Waals surface area contributed by atoms with Gasteiger partial charge in [-0.15, -0.1) is 0 Å². The average molecular weight is 311 g/mol. The van der Waals surface area contributed by atoms with Crippen LogP contribution in [0.4, 0.5) is 0 Å². The minimum Gasteiger partial charge on any atom is -0.228 e. The molecule has 0 aliphatic carbocycles. The predicted octanol–water partition coefficient (Wildman–Crippen LogP) is 2.03. The van der Waals surface area contributed by atoms with Gasteiger partial charge in [0.1, 0.15) is 0 Å². The van der Waals surface area contributed by atoms with E-state index in [1.165, 1.54) is 6.26 Å². The van der Waals surface area contributed by atoms with Crippen LogP contribution < -0.4 is 0 Å². The molecule has 102 valence electrons. The Hall–Kier alpha value is -0.590. The fraction of sp³-hybridized carbons (Fsp3) is 0.455. The van der Waals surface area contributed by atoms with E-state index in [1.807, 2.05) is 0 Å². The second-order valence-corrected chi connectivity index (χ2v) is 10.0. The van der Waals surface area contributed by atoms with Crippen molar-refractivity contribution >= 4 is 29.6 Å². The Morgan fingerprint density at radius 2 is 1.50 bits per heavy atom. The van der Waals surface area contributed by atoms with Crippen LogP contribution >= 0.6 is 10.7 Å². The fourth-order valence-electron chi connectivity index (χ4n) is 1.42. The average Bonchev–Trinajstić information content (AvgIpc) is 2.14. The lowest BCUT2D eigenvalue weighted by atomic mass is 10.0. The van der Waals surface area contributed by atoms with Crippen molar-refractivity contribution in [2.75, 3.05) is 6.26 Å². The van der Waals surface area contributed by atoms with E-state index in [1.54, 1.807) is 38.1 Å². The Balaban J connectivity index is 3.11. The van der Waals surface area contributed by atoms with Gasteiger partial charge in [0.15, 0.2) is 9.84 Å². The Morgan fingerprint density at radius 3 is 1.83 bits per heavy atom. The first kappa shape index (κ1) is 15.5. The van der Waals surface area contributed by atoms with Gasteiger partial charge in [-0.2, -0.15) is 0 Å². The molecule has 1 rings (SSSR count). The van der Waals surface area contributed by atoms with Crippen molar-refractivity contribution in [3.8, 4) is 0 Å². The summed E-state index contributed by atoms with van der Waals surface area (Å²) in [6, 6.07) is 6.36. The number of hydrogen-bond acceptors (Lipinski definition) is 4. The van der Waals surface area contributed by atoms with Gasteiger partial charge >= 0.3 is 0 Å². The number of sulfone groups is 1. The molecule has 0 fully saturated rings. The van der Waals surface area contributed by atoms with E-state index in [4.69, 9.17) is 10.7 Å². The summed E-state index contributed by atoms with van der Waals surface area (Å²) in [7, 11) is -1.70. The van der Waals surface area contributed by atoms with Gasteiger partial charge in [0.2, 0.25) is 9.05 Å². The molecule has 0 unspecified atom stereocenters. The van der Waals surface area contributed by atoms with Crippen LogP contribution in [-0.4, -0.2) is 23.1 Å². The summed E-state index contributed by atoms with van der Waals surface area (Å²) in [6.45, 7) is 3.21. The molecule has 4 nitrogen and oxygen atoms in total. The van der Waals surface area contributed by atoms with Gasteiger partial charge in [-0.25, -0.2) is 16.8 Å². The van der Waals surface area contributed by atoms with Crippen molar-refractivity contribution in [2.45, 2.75) is 24.3 Å². The molecule has 0 heterocycles. The Bertz CT molecular complexity index is 628. The van der Waals surface area contributed by atoms with Gasteiger partial charge in [0.25, 0.3) is 0 Å². The number of hydrogen-bond donors (Lipinski definition) is 0. The Morgan fingerprint density at radius 1 is 1.06 bits per heavy atom. The van der Waals surface area contributed by atoms with Gasteiger partial charge in [0, 0.05) is 16.9 Å². The maximum Gasteiger partial charge on any atom is 0.236 e. The van der Waals surface area contributed by atoms with Crippen molar-refractivity contribution in [2.24, 2.45) is 0 Å². The van der Waals surface area contributed by atoms with Crippen molar-refractivity contribution in [1.82, 2.24) is 0 Å². The van der Waals surface area contributed by atoms with E-state index >= 15 is 0 Å². The molecule has 0 aromatic heterocycles. The molecular formula is C11H15ClO4S2. The summed E-state index contributed by atoms with van der Waals surface area (Å²) in [6.07, 6.45) is 1.17. The van der Waals surface area contributed by atoms with Crippen LogP contribution in [0.2, 0.25) is 0 Å². The van der Waals surface area contributed by atoms with E-state index < -0.39 is 23.6 Å². The molecule has 0 spiro atoms. The number of rotatable bonds is 4. The molecular weight excluding hydrogens is 296 g/mol. The fourth-order valence-corrected chi connectivity index (χ4v) is 2.95. The normalized spacial score (nSPS) is 13.6. The summed E-state index contributed by atoms with van der Waals surface area (Å²) in [4.78, 5) is 0. The van der Waals surface area contributed by atoms with Crippen molar-refractivity contribution < 1.29 is 16.8 Å². The van der Waals surface area contributed by atoms with Crippen LogP contribution in [0.1, 0.15) is 25.0 Å². The number of halogens is 1. The zero-order valence-electron chi connectivity index (χ0n) is 10.3. The lowest BCUT2D eigenvalue weighted by molar-refractivity contribution is 0.561. The molecule has 18 heavy (non-hydrogen) atoms. The summed E-state index contributed by atoms with van der Waals surface area (Å²) in [5, 5.41) is 0.